The van der Waals surface area contributed by atoms with Crippen LogP contribution in [0.5, 0.6) is 0 Å². The second-order valence-corrected chi connectivity index (χ2v) is 2.98. The Labute approximate surface area is 43.2 Å². The summed E-state index contributed by atoms with van der Waals surface area (Å²) in [4.78, 5) is 0. The number of rotatable bonds is 0. The number of hydrogen-bond donors (Lipinski definition) is 0. The fraction of sp³-hybridized carbons (Fsp3) is 1.00. The molecule has 0 spiro atoms. The minimum atomic E-state index is 0.0910. The Kier molecular flexibility index (Phi) is 3.85. The van der Waals surface area contributed by atoms with Crippen molar-refractivity contribution in [2.75, 3.05) is 5.75 Å². The van der Waals surface area contributed by atoms with Crippen molar-refractivity contribution in [2.24, 2.45) is 0 Å². The SMILES string of the molecule is B#S(=BB)CC. The molecule has 0 rings (SSSR count). The molecule has 0 radical (unpaired) electrons. The first kappa shape index (κ1) is 6.41. The molecule has 0 saturated carbocycles. The summed E-state index contributed by atoms with van der Waals surface area (Å²) in [6.45, 7) is 7.53. The van der Waals surface area contributed by atoms with Gasteiger partial charge >= 0.3 is 42.5 Å². The van der Waals surface area contributed by atoms with E-state index < -0.39 is 0 Å². The third-order valence-corrected chi connectivity index (χ3v) is 1.91. The van der Waals surface area contributed by atoms with Crippen LogP contribution in [0.15, 0.2) is 0 Å². The molecule has 0 aliphatic rings. The third kappa shape index (κ3) is 2.64. The first-order valence-corrected chi connectivity index (χ1v) is 3.56. The van der Waals surface area contributed by atoms with Crippen molar-refractivity contribution in [1.29, 1.82) is 0 Å². The van der Waals surface area contributed by atoms with E-state index in [4.69, 9.17) is 6.53 Å². The van der Waals surface area contributed by atoms with Gasteiger partial charge in [0.25, 0.3) is 0 Å². The minimum absolute atomic E-state index is 0.0910. The van der Waals surface area contributed by atoms with Gasteiger partial charge in [0, 0.05) is 0 Å². The zero-order chi connectivity index (χ0) is 4.99. The van der Waals surface area contributed by atoms with E-state index in [0.717, 1.165) is 5.75 Å². The zero-order valence-electron chi connectivity index (χ0n) is 4.27. The van der Waals surface area contributed by atoms with Crippen LogP contribution in [-0.2, 0) is 0 Å². The molecular weight excluding hydrogens is 88.5 g/mol. The Bertz CT molecular complexity index is 130. The van der Waals surface area contributed by atoms with Crippen LogP contribution in [0.4, 0.5) is 0 Å². The second kappa shape index (κ2) is 3.60. The average Bonchev–Trinajstić information content (AvgIpc) is 1.65. The predicted octanol–water partition coefficient (Wildman–Crippen LogP) is -0.474. The molecule has 0 N–H and O–H groups in total. The maximum atomic E-state index is 5.44. The molecule has 0 saturated heterocycles. The van der Waals surface area contributed by atoms with Crippen LogP contribution in [0.3, 0.4) is 0 Å². The molecule has 0 aromatic carbocycles. The van der Waals surface area contributed by atoms with Crippen molar-refractivity contribution >= 4 is 29.9 Å². The standard InChI is InChI=1S/C2H7B3S/c1-2-6(4)5-3/h2-3H2,1H3. The van der Waals surface area contributed by atoms with Crippen molar-refractivity contribution in [3.8, 4) is 0 Å². The summed E-state index contributed by atoms with van der Waals surface area (Å²) in [5.74, 6) is 1.08. The van der Waals surface area contributed by atoms with Crippen LogP contribution in [0.25, 0.3) is 0 Å². The average molecular weight is 95.6 g/mol. The molecule has 6 heavy (non-hydrogen) atoms. The molecule has 0 aromatic heterocycles. The molecule has 0 atom stereocenters. The van der Waals surface area contributed by atoms with Gasteiger partial charge in [-0.3, -0.25) is 0 Å². The van der Waals surface area contributed by atoms with E-state index in [2.05, 4.69) is 6.92 Å². The summed E-state index contributed by atoms with van der Waals surface area (Å²) in [6, 6.07) is 2.03. The molecule has 4 heteroatoms. The van der Waals surface area contributed by atoms with E-state index >= 15 is 0 Å². The molecule has 0 aliphatic heterocycles. The van der Waals surface area contributed by atoms with Crippen LogP contribution < -0.4 is 0 Å². The van der Waals surface area contributed by atoms with Crippen LogP contribution in [-0.4, -0.2) is 26.1 Å². The van der Waals surface area contributed by atoms with Gasteiger partial charge < -0.3 is 0 Å². The molecule has 0 unspecified atom stereocenters. The van der Waals surface area contributed by atoms with Gasteiger partial charge in [-0.05, 0) is 0 Å². The van der Waals surface area contributed by atoms with Gasteiger partial charge in [-0.15, -0.1) is 0 Å². The number of hydrogen-bond acceptors (Lipinski definition) is 0. The summed E-state index contributed by atoms with van der Waals surface area (Å²) in [6.07, 6.45) is 0. The van der Waals surface area contributed by atoms with Crippen LogP contribution in [0.2, 0.25) is 0 Å². The van der Waals surface area contributed by atoms with Gasteiger partial charge in [0.2, 0.25) is 0 Å². The predicted molar refractivity (Wildman–Crippen MR) is 38.2 cm³/mol. The van der Waals surface area contributed by atoms with Gasteiger partial charge in [0.1, 0.15) is 0 Å². The molecule has 0 amide bonds. The molecule has 0 fully saturated rings. The summed E-state index contributed by atoms with van der Waals surface area (Å²) >= 11 is 0. The molecule has 0 nitrogen and oxygen atoms in total. The fourth-order valence-corrected chi connectivity index (χ4v) is 0.500. The quantitative estimate of drug-likeness (QED) is 0.357. The zero-order valence-corrected chi connectivity index (χ0v) is 5.09. The first-order valence-electron chi connectivity index (χ1n) is 2.04. The van der Waals surface area contributed by atoms with Gasteiger partial charge in [0.05, 0.1) is 0 Å². The monoisotopic (exact) mass is 96.1 g/mol. The summed E-state index contributed by atoms with van der Waals surface area (Å²) < 4.78 is 0. The second-order valence-electron chi connectivity index (χ2n) is 0.994. The van der Waals surface area contributed by atoms with E-state index in [1.807, 2.05) is 13.8 Å². The maximum absolute atomic E-state index is 5.44. The Balaban J connectivity index is 3.66. The Morgan fingerprint density at radius 1 is 2.00 bits per heavy atom. The first-order chi connectivity index (χ1) is 2.81. The van der Waals surface area contributed by atoms with Crippen molar-refractivity contribution in [3.63, 3.8) is 0 Å². The Hall–Kier alpha value is 0.415. The Morgan fingerprint density at radius 3 is 2.50 bits per heavy atom. The van der Waals surface area contributed by atoms with Crippen molar-refractivity contribution in [2.45, 2.75) is 6.92 Å². The summed E-state index contributed by atoms with van der Waals surface area (Å²) in [5, 5.41) is 0. The van der Waals surface area contributed by atoms with Gasteiger partial charge in [0.15, 0.2) is 0 Å². The molecule has 0 aliphatic carbocycles. The van der Waals surface area contributed by atoms with Crippen molar-refractivity contribution in [1.82, 2.24) is 0 Å². The van der Waals surface area contributed by atoms with E-state index in [9.17, 15) is 0 Å². The van der Waals surface area contributed by atoms with Crippen molar-refractivity contribution in [3.05, 3.63) is 0 Å². The summed E-state index contributed by atoms with van der Waals surface area (Å²) in [5.41, 5.74) is 0. The molecule has 30 valence electrons. The van der Waals surface area contributed by atoms with Gasteiger partial charge in [-0.1, -0.05) is 0 Å². The topological polar surface area (TPSA) is 0 Å². The molecular formula is C2H7B3S. The van der Waals surface area contributed by atoms with E-state index in [0.29, 0.717) is 0 Å². The van der Waals surface area contributed by atoms with Crippen LogP contribution >= 0.6 is 9.56 Å². The van der Waals surface area contributed by atoms with Gasteiger partial charge in [-0.2, -0.15) is 0 Å². The normalized spacial score (nSPS) is 10.8. The molecule has 0 heterocycles. The van der Waals surface area contributed by atoms with Crippen molar-refractivity contribution < 1.29 is 0 Å². The van der Waals surface area contributed by atoms with Crippen LogP contribution in [0, 0.1) is 0 Å². The third-order valence-electron chi connectivity index (χ3n) is 0.636. The Morgan fingerprint density at radius 2 is 2.50 bits per heavy atom. The van der Waals surface area contributed by atoms with E-state index in [1.54, 1.807) is 0 Å². The fourth-order valence-electron chi connectivity index (χ4n) is 0.167. The van der Waals surface area contributed by atoms with Gasteiger partial charge in [-0.25, -0.2) is 0 Å². The molecule has 0 aromatic rings. The van der Waals surface area contributed by atoms with E-state index in [1.165, 1.54) is 0 Å². The summed E-state index contributed by atoms with van der Waals surface area (Å²) in [7, 11) is 2.08. The van der Waals surface area contributed by atoms with E-state index in [-0.39, 0.29) is 9.56 Å². The molecule has 0 bridgehead atoms. The van der Waals surface area contributed by atoms with Crippen LogP contribution in [0.1, 0.15) is 6.92 Å².